The molecule has 0 aliphatic rings. The zero-order chi connectivity index (χ0) is 10.6. The Hall–Kier alpha value is -0.0500. The summed E-state index contributed by atoms with van der Waals surface area (Å²) < 4.78 is 0. The van der Waals surface area contributed by atoms with E-state index in [1.807, 2.05) is 20.8 Å². The van der Waals surface area contributed by atoms with Crippen LogP contribution in [0, 0.1) is 11.8 Å². The van der Waals surface area contributed by atoms with Crippen LogP contribution in [0.3, 0.4) is 0 Å². The second-order valence-corrected chi connectivity index (χ2v) is 5.17. The molecule has 1 amide bonds. The predicted octanol–water partition coefficient (Wildman–Crippen LogP) is 2.57. The lowest BCUT2D eigenvalue weighted by molar-refractivity contribution is -0.121. The lowest BCUT2D eigenvalue weighted by atomic mass is 10.1. The van der Waals surface area contributed by atoms with Gasteiger partial charge in [0.25, 0.3) is 0 Å². The summed E-state index contributed by atoms with van der Waals surface area (Å²) in [5, 5.41) is 2.97. The van der Waals surface area contributed by atoms with Crippen molar-refractivity contribution in [3.05, 3.63) is 0 Å². The minimum absolute atomic E-state index is 0.0753. The van der Waals surface area contributed by atoms with E-state index in [2.05, 4.69) is 35.1 Å². The molecule has 2 unspecified atom stereocenters. The number of amides is 1. The van der Waals surface area contributed by atoms with Crippen LogP contribution in [0.15, 0.2) is 0 Å². The quantitative estimate of drug-likeness (QED) is 0.763. The molecule has 13 heavy (non-hydrogen) atoms. The average Bonchev–Trinajstić information content (AvgIpc) is 2.02. The largest absolute Gasteiger partial charge is 0.352 e. The molecule has 0 aromatic carbocycles. The molecule has 0 radical (unpaired) electrons. The van der Waals surface area contributed by atoms with Gasteiger partial charge in [-0.05, 0) is 18.8 Å². The molecule has 0 heterocycles. The second kappa shape index (κ2) is 5.63. The standard InChI is InChI=1S/C10H20BrNO/c1-6(2)8(5)12-10(13)9(11)7(3)4/h6-9H,1-5H3,(H,12,13). The highest BCUT2D eigenvalue weighted by atomic mass is 79.9. The monoisotopic (exact) mass is 249 g/mol. The minimum Gasteiger partial charge on any atom is -0.352 e. The maximum absolute atomic E-state index is 11.5. The topological polar surface area (TPSA) is 29.1 Å². The Bertz CT molecular complexity index is 168. The molecule has 1 N–H and O–H groups in total. The molecule has 2 nitrogen and oxygen atoms in total. The van der Waals surface area contributed by atoms with Crippen LogP contribution in [0.25, 0.3) is 0 Å². The molecule has 3 heteroatoms. The van der Waals surface area contributed by atoms with E-state index in [4.69, 9.17) is 0 Å². The third-order valence-electron chi connectivity index (χ3n) is 2.21. The SMILES string of the molecule is CC(C)C(C)NC(=O)C(Br)C(C)C. The average molecular weight is 250 g/mol. The van der Waals surface area contributed by atoms with E-state index in [1.54, 1.807) is 0 Å². The Kier molecular flexibility index (Phi) is 5.61. The molecule has 78 valence electrons. The highest BCUT2D eigenvalue weighted by Gasteiger charge is 2.20. The van der Waals surface area contributed by atoms with Crippen LogP contribution in [0.4, 0.5) is 0 Å². The normalized spacial score (nSPS) is 16.0. The highest BCUT2D eigenvalue weighted by molar-refractivity contribution is 9.10. The fourth-order valence-electron chi connectivity index (χ4n) is 0.773. The Morgan fingerprint density at radius 2 is 1.54 bits per heavy atom. The maximum atomic E-state index is 11.5. The summed E-state index contributed by atoms with van der Waals surface area (Å²) in [5.41, 5.74) is 0. The number of hydrogen-bond donors (Lipinski definition) is 1. The molecule has 0 saturated carbocycles. The molecular weight excluding hydrogens is 230 g/mol. The van der Waals surface area contributed by atoms with Gasteiger partial charge in [-0.2, -0.15) is 0 Å². The summed E-state index contributed by atoms with van der Waals surface area (Å²) in [7, 11) is 0. The highest BCUT2D eigenvalue weighted by Crippen LogP contribution is 2.12. The first-order valence-electron chi connectivity index (χ1n) is 4.80. The number of hydrogen-bond acceptors (Lipinski definition) is 1. The molecule has 0 spiro atoms. The molecule has 2 atom stereocenters. The van der Waals surface area contributed by atoms with Crippen molar-refractivity contribution >= 4 is 21.8 Å². The first-order chi connectivity index (χ1) is 5.86. The summed E-state index contributed by atoms with van der Waals surface area (Å²) >= 11 is 3.37. The summed E-state index contributed by atoms with van der Waals surface area (Å²) in [6.07, 6.45) is 0. The molecule has 0 aromatic rings. The lowest BCUT2D eigenvalue weighted by Crippen LogP contribution is -2.41. The van der Waals surface area contributed by atoms with Crippen LogP contribution in [-0.4, -0.2) is 16.8 Å². The van der Waals surface area contributed by atoms with Crippen LogP contribution in [0.2, 0.25) is 0 Å². The van der Waals surface area contributed by atoms with E-state index in [-0.39, 0.29) is 16.8 Å². The van der Waals surface area contributed by atoms with Gasteiger partial charge < -0.3 is 5.32 Å². The minimum atomic E-state index is -0.0753. The van der Waals surface area contributed by atoms with E-state index in [1.165, 1.54) is 0 Å². The van der Waals surface area contributed by atoms with Crippen molar-refractivity contribution in [2.45, 2.75) is 45.5 Å². The van der Waals surface area contributed by atoms with Gasteiger partial charge in [-0.1, -0.05) is 43.6 Å². The van der Waals surface area contributed by atoms with Gasteiger partial charge in [-0.3, -0.25) is 4.79 Å². The summed E-state index contributed by atoms with van der Waals surface area (Å²) in [6.45, 7) is 10.3. The first-order valence-corrected chi connectivity index (χ1v) is 5.72. The van der Waals surface area contributed by atoms with Gasteiger partial charge in [0.1, 0.15) is 0 Å². The predicted molar refractivity (Wildman–Crippen MR) is 60.0 cm³/mol. The van der Waals surface area contributed by atoms with Gasteiger partial charge in [0.05, 0.1) is 4.83 Å². The molecule has 0 rings (SSSR count). The van der Waals surface area contributed by atoms with Crippen LogP contribution in [-0.2, 0) is 4.79 Å². The van der Waals surface area contributed by atoms with Crippen molar-refractivity contribution in [3.63, 3.8) is 0 Å². The van der Waals surface area contributed by atoms with Crippen molar-refractivity contribution < 1.29 is 4.79 Å². The van der Waals surface area contributed by atoms with Gasteiger partial charge in [0, 0.05) is 6.04 Å². The Labute approximate surface area is 89.6 Å². The van der Waals surface area contributed by atoms with E-state index >= 15 is 0 Å². The van der Waals surface area contributed by atoms with Crippen molar-refractivity contribution in [3.8, 4) is 0 Å². The van der Waals surface area contributed by atoms with Crippen LogP contribution < -0.4 is 5.32 Å². The lowest BCUT2D eigenvalue weighted by Gasteiger charge is -2.21. The van der Waals surface area contributed by atoms with Crippen LogP contribution in [0.1, 0.15) is 34.6 Å². The number of alkyl halides is 1. The van der Waals surface area contributed by atoms with Crippen molar-refractivity contribution in [2.24, 2.45) is 11.8 Å². The zero-order valence-electron chi connectivity index (χ0n) is 9.10. The number of halogens is 1. The zero-order valence-corrected chi connectivity index (χ0v) is 10.7. The van der Waals surface area contributed by atoms with E-state index in [0.29, 0.717) is 11.8 Å². The van der Waals surface area contributed by atoms with Crippen molar-refractivity contribution in [2.75, 3.05) is 0 Å². The van der Waals surface area contributed by atoms with Gasteiger partial charge in [0.2, 0.25) is 5.91 Å². The van der Waals surface area contributed by atoms with Crippen molar-refractivity contribution in [1.29, 1.82) is 0 Å². The molecule has 0 aromatic heterocycles. The van der Waals surface area contributed by atoms with Crippen molar-refractivity contribution in [1.82, 2.24) is 5.32 Å². The van der Waals surface area contributed by atoms with Gasteiger partial charge in [0.15, 0.2) is 0 Å². The summed E-state index contributed by atoms with van der Waals surface area (Å²) in [6, 6.07) is 0.242. The maximum Gasteiger partial charge on any atom is 0.234 e. The van der Waals surface area contributed by atoms with Crippen LogP contribution >= 0.6 is 15.9 Å². The fourth-order valence-corrected chi connectivity index (χ4v) is 0.906. The Balaban J connectivity index is 4.00. The first kappa shape index (κ1) is 12.9. The molecule has 0 saturated heterocycles. The number of carbonyl (C=O) groups is 1. The molecule has 0 aliphatic heterocycles. The smallest absolute Gasteiger partial charge is 0.234 e. The molecule has 0 aliphatic carbocycles. The van der Waals surface area contributed by atoms with Gasteiger partial charge in [-0.15, -0.1) is 0 Å². The fraction of sp³-hybridized carbons (Fsp3) is 0.900. The molecular formula is C10H20BrNO. The number of rotatable bonds is 4. The third kappa shape index (κ3) is 4.65. The van der Waals surface area contributed by atoms with E-state index in [9.17, 15) is 4.79 Å². The molecule has 0 bridgehead atoms. The molecule has 0 fully saturated rings. The van der Waals surface area contributed by atoms with Gasteiger partial charge in [-0.25, -0.2) is 0 Å². The third-order valence-corrected chi connectivity index (χ3v) is 3.68. The van der Waals surface area contributed by atoms with Crippen LogP contribution in [0.5, 0.6) is 0 Å². The van der Waals surface area contributed by atoms with Gasteiger partial charge >= 0.3 is 0 Å². The Morgan fingerprint density at radius 1 is 1.08 bits per heavy atom. The number of carbonyl (C=O) groups excluding carboxylic acids is 1. The Morgan fingerprint density at radius 3 is 1.85 bits per heavy atom. The van der Waals surface area contributed by atoms with E-state index < -0.39 is 0 Å². The van der Waals surface area contributed by atoms with E-state index in [0.717, 1.165) is 0 Å². The number of nitrogens with one attached hydrogen (secondary N) is 1. The summed E-state index contributed by atoms with van der Waals surface area (Å²) in [5.74, 6) is 0.909. The summed E-state index contributed by atoms with van der Waals surface area (Å²) in [4.78, 5) is 11.5. The second-order valence-electron chi connectivity index (χ2n) is 4.19.